The Balaban J connectivity index is 4.95. The van der Waals surface area contributed by atoms with E-state index in [0.29, 0.717) is 18.9 Å². The number of nitrogens with zero attached hydrogens (tertiary/aromatic N) is 1. The van der Waals surface area contributed by atoms with E-state index in [9.17, 15) is 9.59 Å². The zero-order valence-electron chi connectivity index (χ0n) is 12.0. The number of rotatable bonds is 7. The van der Waals surface area contributed by atoms with Gasteiger partial charge in [0.2, 0.25) is 0 Å². The largest absolute Gasteiger partial charge is 0.481 e. The summed E-state index contributed by atoms with van der Waals surface area (Å²) in [4.78, 5) is 24.4. The van der Waals surface area contributed by atoms with Gasteiger partial charge in [-0.1, -0.05) is 13.8 Å². The molecule has 1 unspecified atom stereocenters. The number of aliphatic carboxylic acids is 1. The Morgan fingerprint density at radius 2 is 1.78 bits per heavy atom. The van der Waals surface area contributed by atoms with Crippen LogP contribution in [0.5, 0.6) is 0 Å². The molecule has 1 atom stereocenters. The maximum atomic E-state index is 11.9. The van der Waals surface area contributed by atoms with Crippen LogP contribution in [0.15, 0.2) is 0 Å². The van der Waals surface area contributed by atoms with Crippen LogP contribution in [0.25, 0.3) is 0 Å². The quantitative estimate of drug-likeness (QED) is 0.763. The highest BCUT2D eigenvalue weighted by Gasteiger charge is 2.29. The molecule has 0 spiro atoms. The second kappa shape index (κ2) is 7.95. The monoisotopic (exact) mass is 259 g/mol. The summed E-state index contributed by atoms with van der Waals surface area (Å²) in [6, 6.07) is -0.395. The molecule has 0 aromatic rings. The van der Waals surface area contributed by atoms with Crippen molar-refractivity contribution in [2.45, 2.75) is 59.5 Å². The van der Waals surface area contributed by atoms with Crippen molar-refractivity contribution in [3.05, 3.63) is 0 Å². The predicted molar refractivity (Wildman–Crippen MR) is 69.5 cm³/mol. The van der Waals surface area contributed by atoms with Crippen LogP contribution in [-0.4, -0.2) is 40.8 Å². The summed E-state index contributed by atoms with van der Waals surface area (Å²) in [7, 11) is 0. The van der Waals surface area contributed by atoms with Crippen LogP contribution in [0, 0.1) is 5.92 Å². The highest BCUT2D eigenvalue weighted by molar-refractivity contribution is 5.71. The van der Waals surface area contributed by atoms with Gasteiger partial charge in [-0.05, 0) is 33.1 Å². The van der Waals surface area contributed by atoms with Gasteiger partial charge in [-0.2, -0.15) is 0 Å². The van der Waals surface area contributed by atoms with Crippen LogP contribution in [0.4, 0.5) is 4.79 Å². The number of ether oxygens (including phenoxy) is 1. The fraction of sp³-hybridized carbons (Fsp3) is 0.846. The van der Waals surface area contributed by atoms with Gasteiger partial charge >= 0.3 is 12.1 Å². The summed E-state index contributed by atoms with van der Waals surface area (Å²) in [5.74, 6) is -0.569. The Hall–Kier alpha value is -1.26. The second-order valence-electron chi connectivity index (χ2n) is 5.08. The molecule has 0 radical (unpaired) electrons. The molecule has 0 rings (SSSR count). The van der Waals surface area contributed by atoms with Gasteiger partial charge in [-0.15, -0.1) is 0 Å². The van der Waals surface area contributed by atoms with Crippen LogP contribution in [0.2, 0.25) is 0 Å². The van der Waals surface area contributed by atoms with Crippen molar-refractivity contribution in [1.82, 2.24) is 4.90 Å². The molecule has 0 aromatic heterocycles. The first kappa shape index (κ1) is 16.7. The Kier molecular flexibility index (Phi) is 7.39. The summed E-state index contributed by atoms with van der Waals surface area (Å²) in [6.07, 6.45) is 0.178. The fourth-order valence-electron chi connectivity index (χ4n) is 2.02. The fourth-order valence-corrected chi connectivity index (χ4v) is 2.02. The van der Waals surface area contributed by atoms with E-state index in [1.165, 1.54) is 4.90 Å². The number of carboxylic acid groups (broad SMARTS) is 1. The SMILES string of the molecule is CCOC(=O)N(C(C)C)C(CC(=O)O)CC(C)C. The molecule has 5 heteroatoms. The van der Waals surface area contributed by atoms with E-state index in [4.69, 9.17) is 9.84 Å². The van der Waals surface area contributed by atoms with Gasteiger partial charge in [0, 0.05) is 12.1 Å². The summed E-state index contributed by atoms with van der Waals surface area (Å²) in [5.41, 5.74) is 0. The van der Waals surface area contributed by atoms with Crippen molar-refractivity contribution in [3.8, 4) is 0 Å². The molecule has 0 aromatic carbocycles. The third-order valence-corrected chi connectivity index (χ3v) is 2.58. The van der Waals surface area contributed by atoms with Crippen molar-refractivity contribution < 1.29 is 19.4 Å². The van der Waals surface area contributed by atoms with Crippen molar-refractivity contribution >= 4 is 12.1 Å². The normalized spacial score (nSPS) is 12.6. The van der Waals surface area contributed by atoms with E-state index in [2.05, 4.69) is 0 Å². The molecule has 0 aliphatic carbocycles. The first-order chi connectivity index (χ1) is 8.29. The van der Waals surface area contributed by atoms with E-state index in [0.717, 1.165) is 0 Å². The van der Waals surface area contributed by atoms with E-state index in [-0.39, 0.29) is 18.5 Å². The first-order valence-corrected chi connectivity index (χ1v) is 6.46. The molecule has 0 fully saturated rings. The average molecular weight is 259 g/mol. The molecular formula is C13H25NO4. The zero-order valence-corrected chi connectivity index (χ0v) is 12.0. The van der Waals surface area contributed by atoms with Crippen molar-refractivity contribution in [2.75, 3.05) is 6.61 Å². The van der Waals surface area contributed by atoms with Gasteiger partial charge in [-0.3, -0.25) is 4.79 Å². The van der Waals surface area contributed by atoms with Gasteiger partial charge in [0.25, 0.3) is 0 Å². The van der Waals surface area contributed by atoms with E-state index < -0.39 is 12.1 Å². The highest BCUT2D eigenvalue weighted by atomic mass is 16.6. The average Bonchev–Trinajstić information content (AvgIpc) is 2.14. The Bertz CT molecular complexity index is 276. The molecule has 1 amide bonds. The molecule has 0 saturated carbocycles. The van der Waals surface area contributed by atoms with Crippen LogP contribution in [0.1, 0.15) is 47.5 Å². The molecule has 0 saturated heterocycles. The Labute approximate surface area is 109 Å². The van der Waals surface area contributed by atoms with Crippen LogP contribution >= 0.6 is 0 Å². The zero-order chi connectivity index (χ0) is 14.3. The molecule has 106 valence electrons. The van der Waals surface area contributed by atoms with Crippen LogP contribution < -0.4 is 0 Å². The van der Waals surface area contributed by atoms with Crippen molar-refractivity contribution in [3.63, 3.8) is 0 Å². The lowest BCUT2D eigenvalue weighted by Crippen LogP contribution is -2.46. The number of hydrogen-bond donors (Lipinski definition) is 1. The maximum Gasteiger partial charge on any atom is 0.410 e. The number of carbonyl (C=O) groups is 2. The smallest absolute Gasteiger partial charge is 0.410 e. The molecule has 0 heterocycles. The maximum absolute atomic E-state index is 11.9. The Morgan fingerprint density at radius 1 is 1.22 bits per heavy atom. The van der Waals surface area contributed by atoms with Gasteiger partial charge in [0.15, 0.2) is 0 Å². The molecular weight excluding hydrogens is 234 g/mol. The van der Waals surface area contributed by atoms with E-state index in [1.807, 2.05) is 27.7 Å². The lowest BCUT2D eigenvalue weighted by molar-refractivity contribution is -0.138. The predicted octanol–water partition coefficient (Wildman–Crippen LogP) is 2.74. The lowest BCUT2D eigenvalue weighted by Gasteiger charge is -2.34. The van der Waals surface area contributed by atoms with Gasteiger partial charge in [0.05, 0.1) is 13.0 Å². The molecule has 0 bridgehead atoms. The second-order valence-corrected chi connectivity index (χ2v) is 5.08. The minimum absolute atomic E-state index is 0.0465. The number of amides is 1. The Morgan fingerprint density at radius 3 is 2.11 bits per heavy atom. The number of hydrogen-bond acceptors (Lipinski definition) is 3. The van der Waals surface area contributed by atoms with Gasteiger partial charge in [-0.25, -0.2) is 4.79 Å². The van der Waals surface area contributed by atoms with Crippen LogP contribution in [-0.2, 0) is 9.53 Å². The topological polar surface area (TPSA) is 66.8 Å². The minimum atomic E-state index is -0.893. The first-order valence-electron chi connectivity index (χ1n) is 6.46. The number of carbonyl (C=O) groups excluding carboxylic acids is 1. The summed E-state index contributed by atoms with van der Waals surface area (Å²) < 4.78 is 5.00. The van der Waals surface area contributed by atoms with Crippen LogP contribution in [0.3, 0.4) is 0 Å². The highest BCUT2D eigenvalue weighted by Crippen LogP contribution is 2.19. The minimum Gasteiger partial charge on any atom is -0.481 e. The molecule has 1 N–H and O–H groups in total. The van der Waals surface area contributed by atoms with Gasteiger partial charge < -0.3 is 14.7 Å². The molecule has 18 heavy (non-hydrogen) atoms. The molecule has 5 nitrogen and oxygen atoms in total. The molecule has 0 aliphatic heterocycles. The standard InChI is InChI=1S/C13H25NO4/c1-6-18-13(17)14(10(4)5)11(7-9(2)3)8-12(15)16/h9-11H,6-8H2,1-5H3,(H,15,16). The van der Waals surface area contributed by atoms with Crippen molar-refractivity contribution in [2.24, 2.45) is 5.92 Å². The third kappa shape index (κ3) is 5.89. The summed E-state index contributed by atoms with van der Waals surface area (Å²) in [6.45, 7) is 9.80. The third-order valence-electron chi connectivity index (χ3n) is 2.58. The lowest BCUT2D eigenvalue weighted by atomic mass is 9.99. The summed E-state index contributed by atoms with van der Waals surface area (Å²) in [5, 5.41) is 8.96. The number of carboxylic acids is 1. The van der Waals surface area contributed by atoms with E-state index in [1.54, 1.807) is 6.92 Å². The van der Waals surface area contributed by atoms with Gasteiger partial charge in [0.1, 0.15) is 0 Å². The van der Waals surface area contributed by atoms with Crippen molar-refractivity contribution in [1.29, 1.82) is 0 Å². The molecule has 0 aliphatic rings. The summed E-state index contributed by atoms with van der Waals surface area (Å²) >= 11 is 0. The van der Waals surface area contributed by atoms with E-state index >= 15 is 0 Å².